The summed E-state index contributed by atoms with van der Waals surface area (Å²) < 4.78 is 0. The first kappa shape index (κ1) is 29.2. The lowest BCUT2D eigenvalue weighted by Gasteiger charge is -2.19. The highest BCUT2D eigenvalue weighted by Crippen LogP contribution is 2.38. The molecule has 8 aromatic rings. The molecule has 9 rings (SSSR count). The van der Waals surface area contributed by atoms with Gasteiger partial charge >= 0.3 is 0 Å². The quantitative estimate of drug-likeness (QED) is 0.175. The molecule has 1 aliphatic heterocycles. The normalized spacial score (nSPS) is 12.9. The van der Waals surface area contributed by atoms with E-state index in [1.807, 2.05) is 12.1 Å². The average Bonchev–Trinajstić information content (AvgIpc) is 3.39. The minimum atomic E-state index is -1.97. The molecular formula is C45H33N3Si. The van der Waals surface area contributed by atoms with Crippen LogP contribution in [-0.2, 0) is 0 Å². The smallest absolute Gasteiger partial charge is 0.164 e. The molecule has 0 aliphatic carbocycles. The molecule has 0 spiro atoms. The van der Waals surface area contributed by atoms with E-state index in [0.717, 1.165) is 27.8 Å². The van der Waals surface area contributed by atoms with Gasteiger partial charge in [-0.15, -0.1) is 0 Å². The second-order valence-electron chi connectivity index (χ2n) is 13.3. The number of nitrogens with zero attached hydrogens (tertiary/aromatic N) is 3. The van der Waals surface area contributed by atoms with Gasteiger partial charge in [0.1, 0.15) is 8.07 Å². The molecule has 0 bridgehead atoms. The predicted octanol–water partition coefficient (Wildman–Crippen LogP) is 10.2. The van der Waals surface area contributed by atoms with Crippen LogP contribution in [0.15, 0.2) is 164 Å². The minimum absolute atomic E-state index is 0.664. The summed E-state index contributed by atoms with van der Waals surface area (Å²) in [6.45, 7) is 4.92. The summed E-state index contributed by atoms with van der Waals surface area (Å²) in [5.41, 5.74) is 10.2. The van der Waals surface area contributed by atoms with Crippen LogP contribution in [0.25, 0.3) is 78.3 Å². The van der Waals surface area contributed by atoms with E-state index in [1.165, 1.54) is 43.4 Å². The number of benzene rings is 7. The van der Waals surface area contributed by atoms with Gasteiger partial charge in [0.15, 0.2) is 17.5 Å². The molecule has 0 radical (unpaired) electrons. The van der Waals surface area contributed by atoms with Crippen LogP contribution in [0.1, 0.15) is 0 Å². The van der Waals surface area contributed by atoms with Gasteiger partial charge in [0.2, 0.25) is 0 Å². The maximum Gasteiger partial charge on any atom is 0.164 e. The topological polar surface area (TPSA) is 38.7 Å². The van der Waals surface area contributed by atoms with Crippen molar-refractivity contribution in [2.45, 2.75) is 13.1 Å². The summed E-state index contributed by atoms with van der Waals surface area (Å²) in [6, 6.07) is 58.2. The molecule has 0 saturated carbocycles. The van der Waals surface area contributed by atoms with Crippen molar-refractivity contribution in [1.29, 1.82) is 0 Å². The first-order valence-electron chi connectivity index (χ1n) is 16.8. The van der Waals surface area contributed by atoms with Crippen LogP contribution in [0.4, 0.5) is 0 Å². The van der Waals surface area contributed by atoms with E-state index in [4.69, 9.17) is 15.0 Å². The third-order valence-corrected chi connectivity index (χ3v) is 13.5. The van der Waals surface area contributed by atoms with Crippen LogP contribution >= 0.6 is 0 Å². The van der Waals surface area contributed by atoms with Gasteiger partial charge < -0.3 is 0 Å². The van der Waals surface area contributed by atoms with Crippen LogP contribution < -0.4 is 10.4 Å². The summed E-state index contributed by atoms with van der Waals surface area (Å²) >= 11 is 0. The average molecular weight is 644 g/mol. The van der Waals surface area contributed by atoms with Gasteiger partial charge in [-0.3, -0.25) is 0 Å². The van der Waals surface area contributed by atoms with E-state index in [2.05, 4.69) is 165 Å². The third kappa shape index (κ3) is 5.09. The highest BCUT2D eigenvalue weighted by Gasteiger charge is 2.39. The first-order chi connectivity index (χ1) is 24.0. The molecule has 232 valence electrons. The van der Waals surface area contributed by atoms with Crippen molar-refractivity contribution in [3.8, 4) is 67.5 Å². The lowest BCUT2D eigenvalue weighted by Crippen LogP contribution is -2.49. The number of fused-ring (bicyclic) bond motifs is 4. The maximum absolute atomic E-state index is 5.22. The molecule has 0 unspecified atom stereocenters. The molecule has 4 heteroatoms. The fourth-order valence-corrected chi connectivity index (χ4v) is 10.4. The molecule has 0 atom stereocenters. The van der Waals surface area contributed by atoms with E-state index in [9.17, 15) is 0 Å². The molecule has 2 heterocycles. The van der Waals surface area contributed by atoms with Crippen LogP contribution in [0, 0.1) is 0 Å². The zero-order chi connectivity index (χ0) is 33.0. The fourth-order valence-electron chi connectivity index (χ4n) is 7.30. The van der Waals surface area contributed by atoms with Crippen molar-refractivity contribution in [3.05, 3.63) is 164 Å². The van der Waals surface area contributed by atoms with Crippen molar-refractivity contribution < 1.29 is 0 Å². The van der Waals surface area contributed by atoms with Crippen LogP contribution in [0.3, 0.4) is 0 Å². The van der Waals surface area contributed by atoms with E-state index in [1.54, 1.807) is 0 Å². The Morgan fingerprint density at radius 2 is 0.796 bits per heavy atom. The Kier molecular flexibility index (Phi) is 6.92. The molecule has 3 nitrogen and oxygen atoms in total. The Hall–Kier alpha value is -5.97. The molecular weight excluding hydrogens is 611 g/mol. The van der Waals surface area contributed by atoms with Crippen LogP contribution in [-0.4, -0.2) is 23.0 Å². The van der Waals surface area contributed by atoms with Gasteiger partial charge in [-0.05, 0) is 60.6 Å². The van der Waals surface area contributed by atoms with Gasteiger partial charge in [0.05, 0.1) is 0 Å². The highest BCUT2D eigenvalue weighted by atomic mass is 28.3. The molecule has 0 amide bonds. The van der Waals surface area contributed by atoms with Crippen molar-refractivity contribution in [2.75, 3.05) is 0 Å². The van der Waals surface area contributed by atoms with E-state index < -0.39 is 8.07 Å². The zero-order valence-corrected chi connectivity index (χ0v) is 28.4. The molecule has 0 saturated heterocycles. The van der Waals surface area contributed by atoms with Gasteiger partial charge in [0, 0.05) is 16.7 Å². The summed E-state index contributed by atoms with van der Waals surface area (Å²) in [5, 5.41) is 5.44. The van der Waals surface area contributed by atoms with Gasteiger partial charge in [-0.2, -0.15) is 0 Å². The van der Waals surface area contributed by atoms with Crippen LogP contribution in [0.5, 0.6) is 0 Å². The van der Waals surface area contributed by atoms with Gasteiger partial charge in [0.25, 0.3) is 0 Å². The molecule has 49 heavy (non-hydrogen) atoms. The molecule has 0 fully saturated rings. The SMILES string of the molecule is C[Si]1(C)c2cc3ccccc3cc2-c2c(-c3nc(-c4ccc(-c5ccccc5)cc4)nc(-c4ccc(-c5ccccc5)cc4)n3)cccc21. The second kappa shape index (κ2) is 11.6. The lowest BCUT2D eigenvalue weighted by atomic mass is 9.96. The van der Waals surface area contributed by atoms with Gasteiger partial charge in [-0.25, -0.2) is 15.0 Å². The number of aromatic nitrogens is 3. The summed E-state index contributed by atoms with van der Waals surface area (Å²) in [5.74, 6) is 2.03. The predicted molar refractivity (Wildman–Crippen MR) is 207 cm³/mol. The summed E-state index contributed by atoms with van der Waals surface area (Å²) in [6.07, 6.45) is 0. The second-order valence-corrected chi connectivity index (χ2v) is 17.6. The Morgan fingerprint density at radius 1 is 0.347 bits per heavy atom. The lowest BCUT2D eigenvalue weighted by molar-refractivity contribution is 1.07. The zero-order valence-electron chi connectivity index (χ0n) is 27.4. The molecule has 7 aromatic carbocycles. The first-order valence-corrected chi connectivity index (χ1v) is 19.8. The monoisotopic (exact) mass is 643 g/mol. The molecule has 1 aromatic heterocycles. The maximum atomic E-state index is 5.22. The fraction of sp³-hybridized carbons (Fsp3) is 0.0444. The Bertz CT molecular complexity index is 2390. The Balaban J connectivity index is 1.22. The number of rotatable bonds is 5. The van der Waals surface area contributed by atoms with Crippen LogP contribution in [0.2, 0.25) is 13.1 Å². The van der Waals surface area contributed by atoms with E-state index in [-0.39, 0.29) is 0 Å². The number of hydrogen-bond acceptors (Lipinski definition) is 3. The minimum Gasteiger partial charge on any atom is -0.208 e. The third-order valence-electron chi connectivity index (χ3n) is 9.94. The largest absolute Gasteiger partial charge is 0.208 e. The van der Waals surface area contributed by atoms with Crippen molar-refractivity contribution in [1.82, 2.24) is 15.0 Å². The van der Waals surface area contributed by atoms with Gasteiger partial charge in [-0.1, -0.05) is 171 Å². The molecule has 0 N–H and O–H groups in total. The van der Waals surface area contributed by atoms with E-state index >= 15 is 0 Å². The molecule has 1 aliphatic rings. The van der Waals surface area contributed by atoms with Crippen molar-refractivity contribution >= 4 is 29.2 Å². The summed E-state index contributed by atoms with van der Waals surface area (Å²) in [4.78, 5) is 15.5. The van der Waals surface area contributed by atoms with E-state index in [0.29, 0.717) is 17.5 Å². The highest BCUT2D eigenvalue weighted by molar-refractivity contribution is 7.04. The summed E-state index contributed by atoms with van der Waals surface area (Å²) in [7, 11) is -1.97. The van der Waals surface area contributed by atoms with Crippen molar-refractivity contribution in [2.24, 2.45) is 0 Å². The number of hydrogen-bond donors (Lipinski definition) is 0. The standard InChI is InChI=1S/C45H33N3Si/c1-49(2)40-19-11-18-38(42(40)39-28-36-16-9-10-17-37(36)29-41(39)49)45-47-43(34-24-20-32(21-25-34)30-12-5-3-6-13-30)46-44(48-45)35-26-22-33(23-27-35)31-14-7-4-8-15-31/h3-29H,1-2H3. The Morgan fingerprint density at radius 3 is 1.35 bits per heavy atom. The van der Waals surface area contributed by atoms with Crippen molar-refractivity contribution in [3.63, 3.8) is 0 Å². The Labute approximate surface area is 287 Å².